The Labute approximate surface area is 102 Å². The van der Waals surface area contributed by atoms with Gasteiger partial charge in [0.2, 0.25) is 0 Å². The predicted octanol–water partition coefficient (Wildman–Crippen LogP) is 3.99. The van der Waals surface area contributed by atoms with Crippen LogP contribution in [0.25, 0.3) is 0 Å². The molecule has 0 radical (unpaired) electrons. The van der Waals surface area contributed by atoms with Crippen LogP contribution in [0.5, 0.6) is 11.5 Å². The van der Waals surface area contributed by atoms with Crippen molar-refractivity contribution in [3.8, 4) is 11.5 Å². The van der Waals surface area contributed by atoms with Gasteiger partial charge in [0.25, 0.3) is 0 Å². The molecule has 0 aromatic heterocycles. The number of ether oxygens (including phenoxy) is 1. The van der Waals surface area contributed by atoms with E-state index in [0.717, 1.165) is 28.2 Å². The normalized spacial score (nSPS) is 10.3. The van der Waals surface area contributed by atoms with Crippen LogP contribution in [-0.4, -0.2) is 0 Å². The molecule has 0 bridgehead atoms. The van der Waals surface area contributed by atoms with E-state index in [2.05, 4.69) is 6.07 Å². The van der Waals surface area contributed by atoms with Gasteiger partial charge in [-0.25, -0.2) is 0 Å². The second kappa shape index (κ2) is 4.50. The van der Waals surface area contributed by atoms with E-state index in [-0.39, 0.29) is 0 Å². The molecule has 0 amide bonds. The topological polar surface area (TPSA) is 35.2 Å². The highest BCUT2D eigenvalue weighted by atomic mass is 16.5. The number of para-hydroxylation sites is 1. The average Bonchev–Trinajstić information content (AvgIpc) is 2.28. The molecule has 0 aliphatic rings. The Balaban J connectivity index is 2.40. The van der Waals surface area contributed by atoms with Gasteiger partial charge in [-0.15, -0.1) is 0 Å². The van der Waals surface area contributed by atoms with Crippen LogP contribution >= 0.6 is 0 Å². The Kier molecular flexibility index (Phi) is 3.05. The fraction of sp³-hybridized carbons (Fsp3) is 0.200. The highest BCUT2D eigenvalue weighted by Crippen LogP contribution is 2.32. The van der Waals surface area contributed by atoms with Crippen LogP contribution in [0.3, 0.4) is 0 Å². The van der Waals surface area contributed by atoms with E-state index in [0.29, 0.717) is 5.69 Å². The molecule has 2 nitrogen and oxygen atoms in total. The van der Waals surface area contributed by atoms with Crippen LogP contribution < -0.4 is 10.5 Å². The van der Waals surface area contributed by atoms with Gasteiger partial charge in [0.05, 0.1) is 5.69 Å². The largest absolute Gasteiger partial charge is 0.455 e. The quantitative estimate of drug-likeness (QED) is 0.787. The molecule has 2 aromatic carbocycles. The first-order chi connectivity index (χ1) is 8.08. The number of rotatable bonds is 2. The Bertz CT molecular complexity index is 547. The molecule has 0 saturated heterocycles. The van der Waals surface area contributed by atoms with Crippen LogP contribution in [-0.2, 0) is 0 Å². The van der Waals surface area contributed by atoms with Crippen molar-refractivity contribution in [1.82, 2.24) is 0 Å². The van der Waals surface area contributed by atoms with Crippen LogP contribution in [0.1, 0.15) is 16.7 Å². The minimum absolute atomic E-state index is 0.707. The zero-order valence-electron chi connectivity index (χ0n) is 10.4. The fourth-order valence-electron chi connectivity index (χ4n) is 1.81. The lowest BCUT2D eigenvalue weighted by atomic mass is 10.1. The van der Waals surface area contributed by atoms with Gasteiger partial charge in [0, 0.05) is 0 Å². The van der Waals surface area contributed by atoms with Crippen LogP contribution in [0.15, 0.2) is 36.4 Å². The third-order valence-corrected chi connectivity index (χ3v) is 2.81. The molecule has 0 unspecified atom stereocenters. The van der Waals surface area contributed by atoms with E-state index in [1.165, 1.54) is 0 Å². The minimum atomic E-state index is 0.707. The van der Waals surface area contributed by atoms with Crippen molar-refractivity contribution >= 4 is 5.69 Å². The maximum absolute atomic E-state index is 6.02. The van der Waals surface area contributed by atoms with Crippen LogP contribution in [0, 0.1) is 20.8 Å². The van der Waals surface area contributed by atoms with Gasteiger partial charge in [-0.3, -0.25) is 0 Å². The standard InChI is InChI=1S/C15H17NO/c1-10-8-12(3)15(16)14(9-10)17-13-7-5-4-6-11(13)2/h4-9H,16H2,1-3H3. The SMILES string of the molecule is Cc1cc(C)c(N)c(Oc2ccccc2C)c1. The number of anilines is 1. The third kappa shape index (κ3) is 2.41. The van der Waals surface area contributed by atoms with E-state index < -0.39 is 0 Å². The molecule has 2 heteroatoms. The summed E-state index contributed by atoms with van der Waals surface area (Å²) in [5.41, 5.74) is 10.0. The number of hydrogen-bond acceptors (Lipinski definition) is 2. The number of aryl methyl sites for hydroxylation is 3. The van der Waals surface area contributed by atoms with Gasteiger partial charge in [-0.05, 0) is 49.6 Å². The predicted molar refractivity (Wildman–Crippen MR) is 71.6 cm³/mol. The van der Waals surface area contributed by atoms with E-state index in [4.69, 9.17) is 10.5 Å². The van der Waals surface area contributed by atoms with E-state index >= 15 is 0 Å². The molecule has 2 N–H and O–H groups in total. The zero-order chi connectivity index (χ0) is 12.4. The van der Waals surface area contributed by atoms with Crippen LogP contribution in [0.2, 0.25) is 0 Å². The van der Waals surface area contributed by atoms with Gasteiger partial charge in [-0.2, -0.15) is 0 Å². The summed E-state index contributed by atoms with van der Waals surface area (Å²) < 4.78 is 5.88. The highest BCUT2D eigenvalue weighted by Gasteiger charge is 2.07. The van der Waals surface area contributed by atoms with Crippen molar-refractivity contribution in [2.24, 2.45) is 0 Å². The molecular weight excluding hydrogens is 210 g/mol. The summed E-state index contributed by atoms with van der Waals surface area (Å²) in [4.78, 5) is 0. The van der Waals surface area contributed by atoms with Gasteiger partial charge < -0.3 is 10.5 Å². The van der Waals surface area contributed by atoms with Crippen LogP contribution in [0.4, 0.5) is 5.69 Å². The summed E-state index contributed by atoms with van der Waals surface area (Å²) in [7, 11) is 0. The van der Waals surface area contributed by atoms with Crippen molar-refractivity contribution in [2.45, 2.75) is 20.8 Å². The Morgan fingerprint density at radius 1 is 0.882 bits per heavy atom. The number of nitrogens with two attached hydrogens (primary N) is 1. The highest BCUT2D eigenvalue weighted by molar-refractivity contribution is 5.60. The molecule has 0 saturated carbocycles. The van der Waals surface area contributed by atoms with Crippen molar-refractivity contribution in [3.05, 3.63) is 53.1 Å². The fourth-order valence-corrected chi connectivity index (χ4v) is 1.81. The van der Waals surface area contributed by atoms with Crippen molar-refractivity contribution in [2.75, 3.05) is 5.73 Å². The monoisotopic (exact) mass is 227 g/mol. The second-order valence-electron chi connectivity index (χ2n) is 4.36. The van der Waals surface area contributed by atoms with Crippen molar-refractivity contribution in [1.29, 1.82) is 0 Å². The van der Waals surface area contributed by atoms with E-state index in [9.17, 15) is 0 Å². The molecule has 0 aliphatic heterocycles. The number of benzene rings is 2. The molecule has 17 heavy (non-hydrogen) atoms. The van der Waals surface area contributed by atoms with Gasteiger partial charge in [0.15, 0.2) is 5.75 Å². The van der Waals surface area contributed by atoms with E-state index in [1.54, 1.807) is 0 Å². The lowest BCUT2D eigenvalue weighted by molar-refractivity contribution is 0.480. The Morgan fingerprint density at radius 3 is 2.29 bits per heavy atom. The Hall–Kier alpha value is -1.96. The van der Waals surface area contributed by atoms with Crippen molar-refractivity contribution in [3.63, 3.8) is 0 Å². The summed E-state index contributed by atoms with van der Waals surface area (Å²) >= 11 is 0. The van der Waals surface area contributed by atoms with E-state index in [1.807, 2.05) is 51.1 Å². The minimum Gasteiger partial charge on any atom is -0.455 e. The van der Waals surface area contributed by atoms with Gasteiger partial charge in [-0.1, -0.05) is 24.3 Å². The number of hydrogen-bond donors (Lipinski definition) is 1. The molecular formula is C15H17NO. The second-order valence-corrected chi connectivity index (χ2v) is 4.36. The maximum Gasteiger partial charge on any atom is 0.150 e. The lowest BCUT2D eigenvalue weighted by Gasteiger charge is -2.13. The smallest absolute Gasteiger partial charge is 0.150 e. The average molecular weight is 227 g/mol. The summed E-state index contributed by atoms with van der Waals surface area (Å²) in [6.07, 6.45) is 0. The molecule has 2 aromatic rings. The van der Waals surface area contributed by atoms with Gasteiger partial charge in [0.1, 0.15) is 5.75 Å². The third-order valence-electron chi connectivity index (χ3n) is 2.81. The molecule has 0 aliphatic carbocycles. The zero-order valence-corrected chi connectivity index (χ0v) is 10.4. The first-order valence-corrected chi connectivity index (χ1v) is 5.68. The van der Waals surface area contributed by atoms with Gasteiger partial charge >= 0.3 is 0 Å². The summed E-state index contributed by atoms with van der Waals surface area (Å²) in [5.74, 6) is 1.58. The molecule has 0 atom stereocenters. The Morgan fingerprint density at radius 2 is 1.59 bits per heavy atom. The molecule has 88 valence electrons. The first-order valence-electron chi connectivity index (χ1n) is 5.68. The summed E-state index contributed by atoms with van der Waals surface area (Å²) in [6.45, 7) is 6.05. The lowest BCUT2D eigenvalue weighted by Crippen LogP contribution is -1.96. The molecule has 0 heterocycles. The summed E-state index contributed by atoms with van der Waals surface area (Å²) in [6, 6.07) is 11.9. The maximum atomic E-state index is 6.02. The molecule has 2 rings (SSSR count). The number of nitrogen functional groups attached to an aromatic ring is 1. The van der Waals surface area contributed by atoms with Crippen molar-refractivity contribution < 1.29 is 4.74 Å². The first kappa shape index (κ1) is 11.5. The molecule has 0 spiro atoms. The summed E-state index contributed by atoms with van der Waals surface area (Å²) in [5, 5.41) is 0. The molecule has 0 fully saturated rings.